The molecule has 3 aromatic carbocycles. The van der Waals surface area contributed by atoms with Crippen molar-refractivity contribution in [1.29, 1.82) is 0 Å². The van der Waals surface area contributed by atoms with Gasteiger partial charge in [-0.3, -0.25) is 0 Å². The highest BCUT2D eigenvalue weighted by Crippen LogP contribution is 2.34. The van der Waals surface area contributed by atoms with E-state index in [0.717, 1.165) is 56.3 Å². The van der Waals surface area contributed by atoms with Crippen molar-refractivity contribution in [2.75, 3.05) is 31.6 Å². The largest absolute Gasteiger partial charge is 0.494 e. The van der Waals surface area contributed by atoms with E-state index in [0.29, 0.717) is 18.2 Å². The summed E-state index contributed by atoms with van der Waals surface area (Å²) in [4.78, 5) is 20.6. The van der Waals surface area contributed by atoms with Crippen molar-refractivity contribution in [2.24, 2.45) is 5.92 Å². The number of nitrogens with one attached hydrogen (secondary N) is 1. The maximum Gasteiger partial charge on any atom is 0.414 e. The summed E-state index contributed by atoms with van der Waals surface area (Å²) in [6.45, 7) is 3.55. The summed E-state index contributed by atoms with van der Waals surface area (Å²) in [6.07, 6.45) is 2.87. The van der Waals surface area contributed by atoms with E-state index in [9.17, 15) is 13.2 Å². The van der Waals surface area contributed by atoms with Crippen LogP contribution in [-0.2, 0) is 9.59 Å². The minimum Gasteiger partial charge on any atom is -0.494 e. The number of rotatable bonds is 9. The molecule has 1 atom stereocenters. The fraction of sp³-hybridized carbons (Fsp3) is 0.310. The molecule has 1 saturated heterocycles. The summed E-state index contributed by atoms with van der Waals surface area (Å²) < 4.78 is 46.4. The summed E-state index contributed by atoms with van der Waals surface area (Å²) in [5.74, 6) is -4.52. The Morgan fingerprint density at radius 2 is 1.54 bits per heavy atom. The van der Waals surface area contributed by atoms with Crippen LogP contribution in [0.1, 0.15) is 30.9 Å². The lowest BCUT2D eigenvalue weighted by molar-refractivity contribution is -0.159. The van der Waals surface area contributed by atoms with Gasteiger partial charge in [0.2, 0.25) is 0 Å². The Bertz CT molecular complexity index is 1190. The molecule has 3 N–H and O–H groups in total. The number of likely N-dealkylation sites (tertiary alicyclic amines) is 1. The monoisotopic (exact) mass is 544 g/mol. The van der Waals surface area contributed by atoms with Gasteiger partial charge < -0.3 is 25.2 Å². The van der Waals surface area contributed by atoms with E-state index in [1.807, 2.05) is 30.3 Å². The predicted octanol–water partition coefficient (Wildman–Crippen LogP) is 5.59. The van der Waals surface area contributed by atoms with Crippen LogP contribution in [0.2, 0.25) is 0 Å². The molecule has 10 heteroatoms. The second kappa shape index (κ2) is 14.8. The molecule has 0 aliphatic carbocycles. The smallest absolute Gasteiger partial charge is 0.414 e. The third-order valence-corrected chi connectivity index (χ3v) is 6.39. The molecule has 0 saturated carbocycles. The first-order valence-corrected chi connectivity index (χ1v) is 12.6. The Morgan fingerprint density at radius 3 is 2.13 bits per heavy atom. The normalized spacial score (nSPS) is 14.5. The molecule has 1 fully saturated rings. The van der Waals surface area contributed by atoms with Gasteiger partial charge in [0, 0.05) is 18.3 Å². The summed E-state index contributed by atoms with van der Waals surface area (Å²) >= 11 is 0. The molecule has 1 heterocycles. The van der Waals surface area contributed by atoms with Crippen LogP contribution in [0.25, 0.3) is 0 Å². The summed E-state index contributed by atoms with van der Waals surface area (Å²) in [6, 6.07) is 20.0. The summed E-state index contributed by atoms with van der Waals surface area (Å²) in [5, 5.41) is 18.2. The molecular formula is C29H31F3N2O5. The number of hydrogen-bond acceptors (Lipinski definition) is 5. The lowest BCUT2D eigenvalue weighted by atomic mass is 9.85. The van der Waals surface area contributed by atoms with E-state index in [1.165, 1.54) is 24.3 Å². The Morgan fingerprint density at radius 1 is 0.897 bits per heavy atom. The fourth-order valence-corrected chi connectivity index (χ4v) is 4.41. The maximum absolute atomic E-state index is 13.8. The van der Waals surface area contributed by atoms with Gasteiger partial charge in [0.1, 0.15) is 11.6 Å². The van der Waals surface area contributed by atoms with Crippen LogP contribution in [0.15, 0.2) is 72.8 Å². The molecule has 3 aromatic rings. The first kappa shape index (κ1) is 29.5. The number of benzene rings is 3. The Labute approximate surface area is 224 Å². The second-order valence-corrected chi connectivity index (χ2v) is 9.11. The molecule has 0 radical (unpaired) electrons. The molecule has 208 valence electrons. The topological polar surface area (TPSA) is 99.1 Å². The minimum atomic E-state index is -1.82. The number of halogens is 3. The zero-order valence-electron chi connectivity index (χ0n) is 21.2. The quantitative estimate of drug-likeness (QED) is 0.238. The fourth-order valence-electron chi connectivity index (χ4n) is 4.41. The zero-order valence-corrected chi connectivity index (χ0v) is 21.2. The van der Waals surface area contributed by atoms with E-state index >= 15 is 0 Å². The highest BCUT2D eigenvalue weighted by Gasteiger charge is 2.28. The standard InChI is InChI=1S/C27H29F3N2O.C2H2O4/c28-22-9-7-20(8-10-22)27(31-23-11-12-25(29)26(30)19-23)21-13-16-32(17-14-21)15-4-18-33-24-5-2-1-3-6-24;3-1(4)2(5)6/h1-3,5-12,19,21,27,31H,4,13-18H2;(H,3,4)(H,5,6). The van der Waals surface area contributed by atoms with E-state index in [-0.39, 0.29) is 11.9 Å². The van der Waals surface area contributed by atoms with Crippen molar-refractivity contribution in [3.63, 3.8) is 0 Å². The van der Waals surface area contributed by atoms with E-state index in [1.54, 1.807) is 12.1 Å². The molecule has 0 aromatic heterocycles. The van der Waals surface area contributed by atoms with Crippen molar-refractivity contribution in [3.8, 4) is 5.75 Å². The first-order valence-electron chi connectivity index (χ1n) is 12.6. The van der Waals surface area contributed by atoms with E-state index in [2.05, 4.69) is 10.2 Å². The van der Waals surface area contributed by atoms with E-state index in [4.69, 9.17) is 24.5 Å². The number of hydrogen-bond donors (Lipinski definition) is 3. The zero-order chi connectivity index (χ0) is 28.2. The highest BCUT2D eigenvalue weighted by atomic mass is 19.2. The number of ether oxygens (including phenoxy) is 1. The lowest BCUT2D eigenvalue weighted by Crippen LogP contribution is -2.38. The van der Waals surface area contributed by atoms with Crippen LogP contribution in [-0.4, -0.2) is 53.3 Å². The number of para-hydroxylation sites is 1. The van der Waals surface area contributed by atoms with Crippen molar-refractivity contribution >= 4 is 17.6 Å². The number of nitrogens with zero attached hydrogens (tertiary/aromatic N) is 1. The van der Waals surface area contributed by atoms with Gasteiger partial charge >= 0.3 is 11.9 Å². The number of piperidine rings is 1. The third-order valence-electron chi connectivity index (χ3n) is 6.39. The molecule has 1 unspecified atom stereocenters. The third kappa shape index (κ3) is 9.64. The Kier molecular flexibility index (Phi) is 11.2. The van der Waals surface area contributed by atoms with Crippen molar-refractivity contribution in [1.82, 2.24) is 4.90 Å². The first-order chi connectivity index (χ1) is 18.7. The Balaban J connectivity index is 0.000000631. The average molecular weight is 545 g/mol. The van der Waals surface area contributed by atoms with Gasteiger partial charge in [-0.05, 0) is 80.2 Å². The van der Waals surface area contributed by atoms with Crippen LogP contribution >= 0.6 is 0 Å². The van der Waals surface area contributed by atoms with Gasteiger partial charge in [-0.15, -0.1) is 0 Å². The van der Waals surface area contributed by atoms with Crippen molar-refractivity contribution in [2.45, 2.75) is 25.3 Å². The van der Waals surface area contributed by atoms with Crippen LogP contribution in [0.4, 0.5) is 18.9 Å². The van der Waals surface area contributed by atoms with Crippen molar-refractivity contribution < 1.29 is 37.7 Å². The van der Waals surface area contributed by atoms with Gasteiger partial charge in [0.05, 0.1) is 12.6 Å². The van der Waals surface area contributed by atoms with Gasteiger partial charge in [-0.1, -0.05) is 30.3 Å². The molecule has 0 bridgehead atoms. The molecule has 0 amide bonds. The van der Waals surface area contributed by atoms with Crippen LogP contribution in [0, 0.1) is 23.4 Å². The van der Waals surface area contributed by atoms with Crippen LogP contribution < -0.4 is 10.1 Å². The molecule has 1 aliphatic heterocycles. The average Bonchev–Trinajstić information content (AvgIpc) is 2.93. The molecule has 1 aliphatic rings. The van der Waals surface area contributed by atoms with E-state index < -0.39 is 23.6 Å². The highest BCUT2D eigenvalue weighted by molar-refractivity contribution is 6.27. The summed E-state index contributed by atoms with van der Waals surface area (Å²) in [5.41, 5.74) is 1.46. The lowest BCUT2D eigenvalue weighted by Gasteiger charge is -2.37. The number of carboxylic acids is 2. The van der Waals surface area contributed by atoms with Gasteiger partial charge in [-0.25, -0.2) is 22.8 Å². The summed E-state index contributed by atoms with van der Waals surface area (Å²) in [7, 11) is 0. The molecule has 4 rings (SSSR count). The molecule has 39 heavy (non-hydrogen) atoms. The SMILES string of the molecule is Fc1ccc(C(Nc2ccc(F)c(F)c2)C2CCN(CCCOc3ccccc3)CC2)cc1.O=C(O)C(=O)O. The second-order valence-electron chi connectivity index (χ2n) is 9.11. The van der Waals surface area contributed by atoms with Crippen molar-refractivity contribution in [3.05, 3.63) is 95.8 Å². The number of carbonyl (C=O) groups is 2. The number of carboxylic acid groups (broad SMARTS) is 2. The van der Waals surface area contributed by atoms with Gasteiger partial charge in [0.15, 0.2) is 11.6 Å². The molecular weight excluding hydrogens is 513 g/mol. The van der Waals surface area contributed by atoms with Gasteiger partial charge in [0.25, 0.3) is 0 Å². The number of anilines is 1. The minimum absolute atomic E-state index is 0.112. The number of aliphatic carboxylic acids is 2. The predicted molar refractivity (Wildman–Crippen MR) is 140 cm³/mol. The molecule has 0 spiro atoms. The Hall–Kier alpha value is -4.05. The van der Waals surface area contributed by atoms with Gasteiger partial charge in [-0.2, -0.15) is 0 Å². The molecule has 7 nitrogen and oxygen atoms in total. The maximum atomic E-state index is 13.8. The van der Waals surface area contributed by atoms with Crippen LogP contribution in [0.3, 0.4) is 0 Å². The van der Waals surface area contributed by atoms with Crippen LogP contribution in [0.5, 0.6) is 5.75 Å².